The number of amides is 1. The van der Waals surface area contributed by atoms with Crippen molar-refractivity contribution >= 4 is 17.4 Å². The van der Waals surface area contributed by atoms with E-state index in [4.69, 9.17) is 17.2 Å². The van der Waals surface area contributed by atoms with Gasteiger partial charge in [0.2, 0.25) is 0 Å². The highest BCUT2D eigenvalue weighted by Crippen LogP contribution is 2.38. The van der Waals surface area contributed by atoms with Crippen molar-refractivity contribution in [3.8, 4) is 5.69 Å². The molecule has 0 saturated heterocycles. The number of nitrogens with one attached hydrogen (secondary N) is 2. The molecule has 29 heavy (non-hydrogen) atoms. The zero-order chi connectivity index (χ0) is 20.5. The largest absolute Gasteiger partial charge is 0.365 e. The highest BCUT2D eigenvalue weighted by Gasteiger charge is 2.32. The number of rotatable bonds is 5. The molecule has 1 fully saturated rings. The summed E-state index contributed by atoms with van der Waals surface area (Å²) in [6.07, 6.45) is 8.69. The summed E-state index contributed by atoms with van der Waals surface area (Å²) in [6.45, 7) is 0. The van der Waals surface area contributed by atoms with Gasteiger partial charge >= 0.3 is 0 Å². The predicted molar refractivity (Wildman–Crippen MR) is 106 cm³/mol. The van der Waals surface area contributed by atoms with Crippen molar-refractivity contribution in [1.82, 2.24) is 19.7 Å². The van der Waals surface area contributed by atoms with Crippen LogP contribution in [0.1, 0.15) is 41.1 Å². The lowest BCUT2D eigenvalue weighted by molar-refractivity contribution is 0.100. The van der Waals surface area contributed by atoms with Gasteiger partial charge in [0, 0.05) is 36.1 Å². The summed E-state index contributed by atoms with van der Waals surface area (Å²) in [5.74, 6) is -0.917. The maximum atomic E-state index is 15.3. The maximum Gasteiger partial charge on any atom is 0.254 e. The van der Waals surface area contributed by atoms with Crippen LogP contribution >= 0.6 is 0 Å². The van der Waals surface area contributed by atoms with Crippen LogP contribution in [0, 0.1) is 5.82 Å². The third-order valence-electron chi connectivity index (χ3n) is 5.44. The van der Waals surface area contributed by atoms with Gasteiger partial charge in [0.1, 0.15) is 17.2 Å². The number of carbonyl (C=O) groups is 1. The molecule has 9 nitrogen and oxygen atoms in total. The summed E-state index contributed by atoms with van der Waals surface area (Å²) in [6, 6.07) is 2.72. The first-order valence-electron chi connectivity index (χ1n) is 9.39. The third-order valence-corrected chi connectivity index (χ3v) is 5.44. The molecular formula is C19H23FN8O. The third kappa shape index (κ3) is 3.59. The Labute approximate surface area is 166 Å². The van der Waals surface area contributed by atoms with Crippen LogP contribution in [0.25, 0.3) is 5.69 Å². The van der Waals surface area contributed by atoms with Crippen LogP contribution in [-0.2, 0) is 0 Å². The molecule has 0 aliphatic heterocycles. The molecule has 1 saturated carbocycles. The Balaban J connectivity index is 1.80. The normalized spacial score (nSPS) is 21.8. The van der Waals surface area contributed by atoms with Crippen LogP contribution < -0.4 is 22.5 Å². The lowest BCUT2D eigenvalue weighted by Gasteiger charge is -2.35. The number of H-pyrrole nitrogens is 1. The summed E-state index contributed by atoms with van der Waals surface area (Å²) in [7, 11) is 0. The topological polar surface area (TPSA) is 154 Å². The molecule has 0 radical (unpaired) electrons. The molecule has 1 aliphatic carbocycles. The molecule has 2 heterocycles. The van der Waals surface area contributed by atoms with Gasteiger partial charge in [0.15, 0.2) is 0 Å². The second-order valence-electron chi connectivity index (χ2n) is 7.29. The van der Waals surface area contributed by atoms with Crippen molar-refractivity contribution in [3.63, 3.8) is 0 Å². The summed E-state index contributed by atoms with van der Waals surface area (Å²) in [5, 5.41) is 9.49. The number of hydrogen-bond acceptors (Lipinski definition) is 6. The Morgan fingerprint density at radius 3 is 2.86 bits per heavy atom. The Morgan fingerprint density at radius 2 is 2.14 bits per heavy atom. The summed E-state index contributed by atoms with van der Waals surface area (Å²) < 4.78 is 16.9. The van der Waals surface area contributed by atoms with Crippen molar-refractivity contribution < 1.29 is 9.18 Å². The van der Waals surface area contributed by atoms with Crippen LogP contribution in [0.4, 0.5) is 15.9 Å². The van der Waals surface area contributed by atoms with Crippen molar-refractivity contribution in [2.24, 2.45) is 17.2 Å². The van der Waals surface area contributed by atoms with Crippen molar-refractivity contribution in [1.29, 1.82) is 0 Å². The van der Waals surface area contributed by atoms with E-state index in [9.17, 15) is 4.79 Å². The monoisotopic (exact) mass is 398 g/mol. The minimum atomic E-state index is -0.641. The average Bonchev–Trinajstić information content (AvgIpc) is 3.35. The number of primary amides is 1. The highest BCUT2D eigenvalue weighted by atomic mass is 19.1. The molecule has 0 spiro atoms. The van der Waals surface area contributed by atoms with Crippen molar-refractivity contribution in [3.05, 3.63) is 54.0 Å². The summed E-state index contributed by atoms with van der Waals surface area (Å²) >= 11 is 0. The number of benzene rings is 1. The second-order valence-corrected chi connectivity index (χ2v) is 7.29. The standard InChI is InChI=1S/C19H23FN8O/c20-14-7-10(26-19-13(18(23)29)8-25-27-19)6-12(17(14)28-5-4-24-9-28)11-2-1-3-15(21)16(11)22/h4-9,11,15-16H,1-3,21-22H2,(H2,23,29)(H2,25,26,27)/t11?,15-,16+/m0/s1. The molecule has 1 unspecified atom stereocenters. The fraction of sp³-hybridized carbons (Fsp3) is 0.316. The van der Waals surface area contributed by atoms with Crippen LogP contribution in [0.5, 0.6) is 0 Å². The van der Waals surface area contributed by atoms with E-state index >= 15 is 4.39 Å². The zero-order valence-corrected chi connectivity index (χ0v) is 15.7. The molecule has 3 aromatic rings. The fourth-order valence-corrected chi connectivity index (χ4v) is 3.97. The highest BCUT2D eigenvalue weighted by molar-refractivity contribution is 5.98. The number of imidazole rings is 1. The number of anilines is 2. The number of hydrogen-bond donors (Lipinski definition) is 5. The van der Waals surface area contributed by atoms with E-state index in [0.29, 0.717) is 17.2 Å². The van der Waals surface area contributed by atoms with E-state index in [1.807, 2.05) is 6.07 Å². The molecule has 152 valence electrons. The first-order valence-corrected chi connectivity index (χ1v) is 9.39. The van der Waals surface area contributed by atoms with Gasteiger partial charge in [-0.05, 0) is 30.5 Å². The second kappa shape index (κ2) is 7.64. The van der Waals surface area contributed by atoms with Crippen LogP contribution in [0.15, 0.2) is 37.1 Å². The first kappa shape index (κ1) is 19.1. The van der Waals surface area contributed by atoms with Crippen molar-refractivity contribution in [2.45, 2.75) is 37.3 Å². The van der Waals surface area contributed by atoms with E-state index in [1.54, 1.807) is 23.3 Å². The quantitative estimate of drug-likeness (QED) is 0.439. The molecule has 1 amide bonds. The van der Waals surface area contributed by atoms with E-state index in [-0.39, 0.29) is 23.6 Å². The van der Waals surface area contributed by atoms with E-state index in [0.717, 1.165) is 24.8 Å². The molecule has 1 aliphatic rings. The summed E-state index contributed by atoms with van der Waals surface area (Å²) in [4.78, 5) is 15.6. The number of aromatic nitrogens is 4. The molecule has 8 N–H and O–H groups in total. The smallest absolute Gasteiger partial charge is 0.254 e. The lowest BCUT2D eigenvalue weighted by atomic mass is 9.77. The minimum Gasteiger partial charge on any atom is -0.365 e. The Bertz CT molecular complexity index is 1020. The lowest BCUT2D eigenvalue weighted by Crippen LogP contribution is -2.48. The van der Waals surface area contributed by atoms with Crippen LogP contribution in [0.3, 0.4) is 0 Å². The predicted octanol–water partition coefficient (Wildman–Crippen LogP) is 1.50. The molecule has 2 aromatic heterocycles. The fourth-order valence-electron chi connectivity index (χ4n) is 3.97. The van der Waals surface area contributed by atoms with Gasteiger partial charge in [-0.15, -0.1) is 0 Å². The first-order chi connectivity index (χ1) is 14.0. The van der Waals surface area contributed by atoms with Crippen LogP contribution in [-0.4, -0.2) is 37.7 Å². The Morgan fingerprint density at radius 1 is 1.31 bits per heavy atom. The minimum absolute atomic E-state index is 0.121. The Hall–Kier alpha value is -3.24. The van der Waals surface area contributed by atoms with Gasteiger partial charge in [0.25, 0.3) is 5.91 Å². The van der Waals surface area contributed by atoms with Crippen molar-refractivity contribution in [2.75, 3.05) is 5.32 Å². The van der Waals surface area contributed by atoms with Gasteiger partial charge < -0.3 is 27.1 Å². The number of aromatic amines is 1. The van der Waals surface area contributed by atoms with Gasteiger partial charge in [-0.1, -0.05) is 6.42 Å². The Kier molecular flexibility index (Phi) is 5.03. The molecule has 10 heteroatoms. The number of halogens is 1. The van der Waals surface area contributed by atoms with E-state index in [2.05, 4.69) is 20.5 Å². The summed E-state index contributed by atoms with van der Waals surface area (Å²) in [5.41, 5.74) is 19.7. The number of carbonyl (C=O) groups excluding carboxylic acids is 1. The van der Waals surface area contributed by atoms with E-state index < -0.39 is 11.7 Å². The maximum absolute atomic E-state index is 15.3. The molecule has 3 atom stereocenters. The SMILES string of the molecule is NC(=O)c1cn[nH]c1Nc1cc(F)c(-n2ccnc2)c(C2CCC[C@H](N)[C@@H]2N)c1. The van der Waals surface area contributed by atoms with Gasteiger partial charge in [-0.3, -0.25) is 9.89 Å². The number of nitrogens with two attached hydrogens (primary N) is 3. The van der Waals surface area contributed by atoms with Gasteiger partial charge in [0.05, 0.1) is 18.2 Å². The zero-order valence-electron chi connectivity index (χ0n) is 15.7. The molecular weight excluding hydrogens is 375 g/mol. The van der Waals surface area contributed by atoms with Gasteiger partial charge in [-0.25, -0.2) is 9.37 Å². The molecule has 4 rings (SSSR count). The molecule has 1 aromatic carbocycles. The van der Waals surface area contributed by atoms with Crippen LogP contribution in [0.2, 0.25) is 0 Å². The number of nitrogens with zero attached hydrogens (tertiary/aromatic N) is 3. The molecule has 0 bridgehead atoms. The average molecular weight is 398 g/mol. The van der Waals surface area contributed by atoms with E-state index in [1.165, 1.54) is 12.3 Å². The van der Waals surface area contributed by atoms with Gasteiger partial charge in [-0.2, -0.15) is 5.10 Å².